The Labute approximate surface area is 148 Å². The number of aryl methyl sites for hydroxylation is 1. The van der Waals surface area contributed by atoms with Crippen molar-refractivity contribution in [2.24, 2.45) is 0 Å². The first-order valence-corrected chi connectivity index (χ1v) is 8.12. The van der Waals surface area contributed by atoms with E-state index in [0.717, 1.165) is 0 Å². The fourth-order valence-electron chi connectivity index (χ4n) is 1.92. The first-order valence-electron chi connectivity index (χ1n) is 7.14. The van der Waals surface area contributed by atoms with Crippen molar-refractivity contribution in [1.29, 1.82) is 0 Å². The number of thioether (sulfide) groups is 1. The van der Waals surface area contributed by atoms with E-state index in [1.165, 1.54) is 24.0 Å². The van der Waals surface area contributed by atoms with Gasteiger partial charge in [-0.15, -0.1) is 5.10 Å². The van der Waals surface area contributed by atoms with E-state index in [4.69, 9.17) is 4.52 Å². The molecule has 0 atom stereocenters. The summed E-state index contributed by atoms with van der Waals surface area (Å²) in [5.41, 5.74) is 0.851. The molecule has 0 aliphatic rings. The third-order valence-electron chi connectivity index (χ3n) is 3.03. The lowest BCUT2D eigenvalue weighted by molar-refractivity contribution is -0.144. The number of nitrogens with zero attached hydrogens (tertiary/aromatic N) is 4. The number of hydrogen-bond acceptors (Lipinski definition) is 7. The van der Waals surface area contributed by atoms with Crippen molar-refractivity contribution in [3.8, 4) is 0 Å². The first kappa shape index (κ1) is 17.9. The highest BCUT2D eigenvalue weighted by Gasteiger charge is 2.35. The molecule has 0 fully saturated rings. The van der Waals surface area contributed by atoms with Gasteiger partial charge in [-0.25, -0.2) is 4.98 Å². The molecule has 2 N–H and O–H groups in total. The fraction of sp³-hybridized carbons (Fsp3) is 0.214. The van der Waals surface area contributed by atoms with Crippen LogP contribution in [-0.4, -0.2) is 31.2 Å². The zero-order valence-electron chi connectivity index (χ0n) is 13.2. The van der Waals surface area contributed by atoms with Crippen LogP contribution in [0.15, 0.2) is 33.9 Å². The Morgan fingerprint density at radius 2 is 2.23 bits per heavy atom. The summed E-state index contributed by atoms with van der Waals surface area (Å²) in [6, 6.07) is 4.79. The van der Waals surface area contributed by atoms with Gasteiger partial charge in [-0.05, 0) is 19.1 Å². The molecule has 0 radical (unpaired) electrons. The minimum Gasteiger partial charge on any atom is -0.361 e. The Kier molecular flexibility index (Phi) is 4.93. The number of carbonyl (C=O) groups excluding carboxylic acids is 1. The summed E-state index contributed by atoms with van der Waals surface area (Å²) in [7, 11) is 0. The van der Waals surface area contributed by atoms with Crippen molar-refractivity contribution < 1.29 is 22.5 Å². The van der Waals surface area contributed by atoms with E-state index in [1.807, 2.05) is 0 Å². The van der Waals surface area contributed by atoms with Crippen LogP contribution in [0.3, 0.4) is 0 Å². The largest absolute Gasteiger partial charge is 0.451 e. The number of rotatable bonds is 5. The van der Waals surface area contributed by atoms with E-state index < -0.39 is 23.9 Å². The lowest BCUT2D eigenvalue weighted by Gasteiger charge is -2.06. The molecule has 0 aromatic carbocycles. The highest BCUT2D eigenvalue weighted by molar-refractivity contribution is 7.98. The van der Waals surface area contributed by atoms with E-state index in [-0.39, 0.29) is 5.56 Å². The van der Waals surface area contributed by atoms with Crippen LogP contribution >= 0.6 is 11.8 Å². The Balaban J connectivity index is 1.72. The number of halogens is 3. The molecule has 3 aromatic rings. The summed E-state index contributed by atoms with van der Waals surface area (Å²) in [6.45, 7) is 1.76. The van der Waals surface area contributed by atoms with Crippen molar-refractivity contribution >= 4 is 23.6 Å². The van der Waals surface area contributed by atoms with Gasteiger partial charge in [0.15, 0.2) is 0 Å². The van der Waals surface area contributed by atoms with Crippen molar-refractivity contribution in [3.63, 3.8) is 0 Å². The Hall–Kier alpha value is -2.89. The Morgan fingerprint density at radius 3 is 2.88 bits per heavy atom. The van der Waals surface area contributed by atoms with E-state index >= 15 is 0 Å². The SMILES string of the molecule is Cc1cc(CSc2ncccc2C(=O)Nc2n[nH]c(C(F)(F)F)n2)no1. The van der Waals surface area contributed by atoms with E-state index in [2.05, 4.69) is 25.5 Å². The molecule has 26 heavy (non-hydrogen) atoms. The average Bonchev–Trinajstić information content (AvgIpc) is 3.22. The van der Waals surface area contributed by atoms with Crippen LogP contribution in [-0.2, 0) is 11.9 Å². The topological polar surface area (TPSA) is 110 Å². The second-order valence-electron chi connectivity index (χ2n) is 5.03. The number of hydrogen-bond donors (Lipinski definition) is 2. The zero-order valence-corrected chi connectivity index (χ0v) is 14.0. The smallest absolute Gasteiger partial charge is 0.361 e. The minimum atomic E-state index is -4.68. The number of alkyl halides is 3. The van der Waals surface area contributed by atoms with Gasteiger partial charge in [-0.2, -0.15) is 18.2 Å². The molecule has 0 saturated heterocycles. The molecule has 0 aliphatic carbocycles. The molecule has 0 spiro atoms. The predicted octanol–water partition coefficient (Wildman–Crippen LogP) is 3.06. The van der Waals surface area contributed by atoms with Gasteiger partial charge in [0.2, 0.25) is 11.8 Å². The number of amides is 1. The number of pyridine rings is 1. The van der Waals surface area contributed by atoms with Crippen molar-refractivity contribution in [3.05, 3.63) is 47.2 Å². The lowest BCUT2D eigenvalue weighted by Crippen LogP contribution is -2.15. The normalized spacial score (nSPS) is 11.5. The van der Waals surface area contributed by atoms with Gasteiger partial charge < -0.3 is 4.52 Å². The molecule has 12 heteroatoms. The number of anilines is 1. The lowest BCUT2D eigenvalue weighted by atomic mass is 10.3. The second kappa shape index (κ2) is 7.15. The van der Waals surface area contributed by atoms with Gasteiger partial charge in [0, 0.05) is 18.0 Å². The quantitative estimate of drug-likeness (QED) is 0.651. The van der Waals surface area contributed by atoms with Crippen molar-refractivity contribution in [2.45, 2.75) is 23.9 Å². The minimum absolute atomic E-state index is 0.177. The van der Waals surface area contributed by atoms with Gasteiger partial charge >= 0.3 is 6.18 Å². The molecule has 0 aliphatic heterocycles. The molecule has 3 aromatic heterocycles. The van der Waals surface area contributed by atoms with Crippen LogP contribution in [0.2, 0.25) is 0 Å². The number of H-pyrrole nitrogens is 1. The second-order valence-corrected chi connectivity index (χ2v) is 6.00. The molecule has 1 amide bonds. The maximum absolute atomic E-state index is 12.5. The van der Waals surface area contributed by atoms with Gasteiger partial charge in [0.1, 0.15) is 10.8 Å². The summed E-state index contributed by atoms with van der Waals surface area (Å²) in [5.74, 6) is -1.38. The Morgan fingerprint density at radius 1 is 1.42 bits per heavy atom. The van der Waals surface area contributed by atoms with Gasteiger partial charge in [-0.3, -0.25) is 15.2 Å². The summed E-state index contributed by atoms with van der Waals surface area (Å²) in [4.78, 5) is 19.7. The summed E-state index contributed by atoms with van der Waals surface area (Å²) in [5, 5.41) is 11.5. The molecule has 3 heterocycles. The summed E-state index contributed by atoms with van der Waals surface area (Å²) in [6.07, 6.45) is -3.18. The standard InChI is InChI=1S/C14H11F3N6O2S/c1-7-5-8(23-25-7)6-26-11-9(3-2-4-18-11)10(24)19-13-20-12(21-22-13)14(15,16)17/h2-5H,6H2,1H3,(H2,19,20,21,22,24). The monoisotopic (exact) mass is 384 g/mol. The molecular weight excluding hydrogens is 373 g/mol. The molecule has 3 rings (SSSR count). The fourth-order valence-corrected chi connectivity index (χ4v) is 2.79. The molecule has 0 unspecified atom stereocenters. The molecular formula is C14H11F3N6O2S. The number of aromatic nitrogens is 5. The molecule has 136 valence electrons. The third-order valence-corrected chi connectivity index (χ3v) is 4.07. The highest BCUT2D eigenvalue weighted by Crippen LogP contribution is 2.27. The summed E-state index contributed by atoms with van der Waals surface area (Å²) < 4.78 is 42.5. The van der Waals surface area contributed by atoms with Crippen LogP contribution in [0.1, 0.15) is 27.6 Å². The van der Waals surface area contributed by atoms with Crippen LogP contribution in [0, 0.1) is 6.92 Å². The first-order chi connectivity index (χ1) is 12.3. The van der Waals surface area contributed by atoms with Crippen LogP contribution < -0.4 is 5.32 Å². The van der Waals surface area contributed by atoms with Crippen LogP contribution in [0.25, 0.3) is 0 Å². The van der Waals surface area contributed by atoms with Gasteiger partial charge in [0.25, 0.3) is 5.91 Å². The van der Waals surface area contributed by atoms with Crippen LogP contribution in [0.5, 0.6) is 0 Å². The Bertz CT molecular complexity index is 923. The molecule has 0 saturated carbocycles. The van der Waals surface area contributed by atoms with Crippen LogP contribution in [0.4, 0.5) is 19.1 Å². The van der Waals surface area contributed by atoms with E-state index in [9.17, 15) is 18.0 Å². The number of carbonyl (C=O) groups is 1. The highest BCUT2D eigenvalue weighted by atomic mass is 32.2. The third kappa shape index (κ3) is 4.20. The van der Waals surface area contributed by atoms with Crippen molar-refractivity contribution in [1.82, 2.24) is 25.3 Å². The average molecular weight is 384 g/mol. The molecule has 0 bridgehead atoms. The van der Waals surface area contributed by atoms with E-state index in [0.29, 0.717) is 22.2 Å². The predicted molar refractivity (Wildman–Crippen MR) is 84.4 cm³/mol. The van der Waals surface area contributed by atoms with Crippen molar-refractivity contribution in [2.75, 3.05) is 5.32 Å². The maximum Gasteiger partial charge on any atom is 0.451 e. The number of nitrogens with one attached hydrogen (secondary N) is 2. The zero-order chi connectivity index (χ0) is 18.7. The van der Waals surface area contributed by atoms with Gasteiger partial charge in [0.05, 0.1) is 11.3 Å². The maximum atomic E-state index is 12.5. The summed E-state index contributed by atoms with van der Waals surface area (Å²) >= 11 is 1.24. The molecule has 8 nitrogen and oxygen atoms in total. The van der Waals surface area contributed by atoms with E-state index in [1.54, 1.807) is 24.2 Å². The van der Waals surface area contributed by atoms with Gasteiger partial charge in [-0.1, -0.05) is 16.9 Å². The number of aromatic amines is 1.